The number of halogens is 2. The Morgan fingerprint density at radius 1 is 1.00 bits per heavy atom. The summed E-state index contributed by atoms with van der Waals surface area (Å²) < 4.78 is 61.9. The topological polar surface area (TPSA) is 97.7 Å². The molecule has 0 N–H and O–H groups in total. The minimum atomic E-state index is -3.18. The molecule has 2 heterocycles. The third-order valence-electron chi connectivity index (χ3n) is 7.07. The first-order valence-electron chi connectivity index (χ1n) is 13.7. The van der Waals surface area contributed by atoms with Crippen LogP contribution in [0.25, 0.3) is 0 Å². The summed E-state index contributed by atoms with van der Waals surface area (Å²) in [6, 6.07) is 7.21. The van der Waals surface area contributed by atoms with Crippen molar-refractivity contribution >= 4 is 21.5 Å². The molecule has 0 aliphatic heterocycles. The van der Waals surface area contributed by atoms with Crippen molar-refractivity contribution in [1.29, 1.82) is 0 Å². The van der Waals surface area contributed by atoms with Crippen molar-refractivity contribution in [2.45, 2.75) is 45.7 Å². The Morgan fingerprint density at radius 3 is 2.29 bits per heavy atom. The number of ether oxygens (including phenoxy) is 2. The molecule has 12 heteroatoms. The van der Waals surface area contributed by atoms with E-state index in [1.807, 2.05) is 12.1 Å². The number of hydrogen-bond donors (Lipinski definition) is 0. The Morgan fingerprint density at radius 2 is 1.68 bits per heavy atom. The normalized spacial score (nSPS) is 13.8. The van der Waals surface area contributed by atoms with Crippen LogP contribution in [0.2, 0.25) is 0 Å². The fourth-order valence-electron chi connectivity index (χ4n) is 5.05. The van der Waals surface area contributed by atoms with Gasteiger partial charge in [-0.2, -0.15) is 0 Å². The molecule has 0 radical (unpaired) electrons. The number of benzene rings is 1. The lowest BCUT2D eigenvalue weighted by atomic mass is 10.1. The standard InChI is InChI=1S/C29H37F2N5O4S/c1-4-35(18-21-7-5-6-8-21)27-9-10-28(39-2)34-26(27)20-36(19-22-13-23(30)15-24(31)14-22)29-32-16-25(17-33-29)40-11-12-41(3,37)38/h9-10,13-17,21H,4-8,11-12,18-20H2,1-3H3. The predicted octanol–water partition coefficient (Wildman–Crippen LogP) is 4.81. The van der Waals surface area contributed by atoms with Gasteiger partial charge in [0.25, 0.3) is 0 Å². The Labute approximate surface area is 240 Å². The molecule has 0 spiro atoms. The first-order valence-corrected chi connectivity index (χ1v) is 15.8. The van der Waals surface area contributed by atoms with Crippen molar-refractivity contribution in [1.82, 2.24) is 15.0 Å². The van der Waals surface area contributed by atoms with E-state index in [0.717, 1.165) is 36.8 Å². The molecule has 0 bridgehead atoms. The second kappa shape index (κ2) is 13.9. The zero-order chi connectivity index (χ0) is 29.4. The van der Waals surface area contributed by atoms with Crippen LogP contribution in [0, 0.1) is 17.6 Å². The molecular formula is C29H37F2N5O4S. The second-order valence-corrected chi connectivity index (χ2v) is 12.6. The maximum atomic E-state index is 14.1. The highest BCUT2D eigenvalue weighted by molar-refractivity contribution is 7.90. The molecule has 3 aromatic rings. The maximum absolute atomic E-state index is 14.1. The summed E-state index contributed by atoms with van der Waals surface area (Å²) in [5.74, 6) is 0.185. The van der Waals surface area contributed by atoms with E-state index in [-0.39, 0.29) is 25.4 Å². The maximum Gasteiger partial charge on any atom is 0.226 e. The van der Waals surface area contributed by atoms with Gasteiger partial charge < -0.3 is 19.3 Å². The van der Waals surface area contributed by atoms with Crippen molar-refractivity contribution in [3.63, 3.8) is 0 Å². The number of aromatic nitrogens is 3. The fourth-order valence-corrected chi connectivity index (χ4v) is 5.44. The van der Waals surface area contributed by atoms with Gasteiger partial charge in [0.1, 0.15) is 18.2 Å². The molecule has 0 atom stereocenters. The molecular weight excluding hydrogens is 552 g/mol. The van der Waals surface area contributed by atoms with Crippen LogP contribution < -0.4 is 19.3 Å². The van der Waals surface area contributed by atoms with Gasteiger partial charge in [0.15, 0.2) is 15.6 Å². The van der Waals surface area contributed by atoms with Crippen LogP contribution in [0.3, 0.4) is 0 Å². The van der Waals surface area contributed by atoms with Crippen molar-refractivity contribution in [3.05, 3.63) is 65.6 Å². The van der Waals surface area contributed by atoms with Gasteiger partial charge in [0.05, 0.1) is 43.2 Å². The zero-order valence-electron chi connectivity index (χ0n) is 23.7. The van der Waals surface area contributed by atoms with E-state index in [9.17, 15) is 17.2 Å². The zero-order valence-corrected chi connectivity index (χ0v) is 24.5. The molecule has 41 heavy (non-hydrogen) atoms. The van der Waals surface area contributed by atoms with Gasteiger partial charge >= 0.3 is 0 Å². The Kier molecular flexibility index (Phi) is 10.3. The highest BCUT2D eigenvalue weighted by Gasteiger charge is 2.23. The van der Waals surface area contributed by atoms with Gasteiger partial charge in [-0.25, -0.2) is 32.2 Å². The lowest BCUT2D eigenvalue weighted by Crippen LogP contribution is -2.31. The molecule has 0 unspecified atom stereocenters. The lowest BCUT2D eigenvalue weighted by Gasteiger charge is -2.30. The minimum absolute atomic E-state index is 0.0290. The average Bonchev–Trinajstić information content (AvgIpc) is 3.44. The highest BCUT2D eigenvalue weighted by Crippen LogP contribution is 2.31. The van der Waals surface area contributed by atoms with Crippen LogP contribution >= 0.6 is 0 Å². The van der Waals surface area contributed by atoms with Gasteiger partial charge in [-0.3, -0.25) is 0 Å². The molecule has 9 nitrogen and oxygen atoms in total. The van der Waals surface area contributed by atoms with Crippen LogP contribution in [0.4, 0.5) is 20.4 Å². The van der Waals surface area contributed by atoms with Crippen LogP contribution in [0.1, 0.15) is 43.9 Å². The summed E-state index contributed by atoms with van der Waals surface area (Å²) in [6.45, 7) is 4.14. The summed E-state index contributed by atoms with van der Waals surface area (Å²) in [4.78, 5) is 17.7. The largest absolute Gasteiger partial charge is 0.489 e. The summed E-state index contributed by atoms with van der Waals surface area (Å²) in [6.07, 6.45) is 8.94. The van der Waals surface area contributed by atoms with Gasteiger partial charge in [-0.05, 0) is 49.4 Å². The third kappa shape index (κ3) is 8.97. The molecule has 0 amide bonds. The quantitative estimate of drug-likeness (QED) is 0.263. The smallest absolute Gasteiger partial charge is 0.226 e. The Bertz CT molecular complexity index is 1380. The Hall–Kier alpha value is -3.54. The summed E-state index contributed by atoms with van der Waals surface area (Å²) in [5, 5.41) is 0. The summed E-state index contributed by atoms with van der Waals surface area (Å²) >= 11 is 0. The van der Waals surface area contributed by atoms with E-state index in [1.165, 1.54) is 50.2 Å². The average molecular weight is 590 g/mol. The van der Waals surface area contributed by atoms with E-state index in [2.05, 4.69) is 21.8 Å². The van der Waals surface area contributed by atoms with Gasteiger partial charge in [0.2, 0.25) is 11.8 Å². The molecule has 1 aliphatic rings. The van der Waals surface area contributed by atoms with Crippen molar-refractivity contribution in [2.24, 2.45) is 5.92 Å². The second-order valence-electron chi connectivity index (χ2n) is 10.3. The van der Waals surface area contributed by atoms with Crippen molar-refractivity contribution in [2.75, 3.05) is 48.6 Å². The first kappa shape index (κ1) is 30.4. The molecule has 1 aromatic carbocycles. The molecule has 4 rings (SSSR count). The molecule has 1 aliphatic carbocycles. The van der Waals surface area contributed by atoms with E-state index < -0.39 is 21.5 Å². The number of pyridine rings is 1. The number of hydrogen-bond acceptors (Lipinski definition) is 9. The van der Waals surface area contributed by atoms with Crippen LogP contribution in [0.5, 0.6) is 11.6 Å². The lowest BCUT2D eigenvalue weighted by molar-refractivity contribution is 0.338. The number of rotatable bonds is 14. The molecule has 2 aromatic heterocycles. The number of methoxy groups -OCH3 is 1. The molecule has 222 valence electrons. The first-order chi connectivity index (χ1) is 19.6. The molecule has 0 saturated heterocycles. The Balaban J connectivity index is 1.65. The SMILES string of the molecule is CCN(CC1CCCC1)c1ccc(OC)nc1CN(Cc1cc(F)cc(F)c1)c1ncc(OCCS(C)(=O)=O)cn1. The van der Waals surface area contributed by atoms with E-state index in [4.69, 9.17) is 14.5 Å². The van der Waals surface area contributed by atoms with Gasteiger partial charge in [0, 0.05) is 38.0 Å². The van der Waals surface area contributed by atoms with Gasteiger partial charge in [-0.1, -0.05) is 12.8 Å². The minimum Gasteiger partial charge on any atom is -0.489 e. The van der Waals surface area contributed by atoms with Crippen molar-refractivity contribution in [3.8, 4) is 11.6 Å². The number of anilines is 2. The summed E-state index contributed by atoms with van der Waals surface area (Å²) in [5.41, 5.74) is 2.08. The molecule has 1 saturated carbocycles. The highest BCUT2D eigenvalue weighted by atomic mass is 32.2. The molecule has 1 fully saturated rings. The summed E-state index contributed by atoms with van der Waals surface area (Å²) in [7, 11) is -1.62. The number of nitrogens with zero attached hydrogens (tertiary/aromatic N) is 5. The third-order valence-corrected chi connectivity index (χ3v) is 7.97. The van der Waals surface area contributed by atoms with E-state index in [1.54, 1.807) is 12.0 Å². The van der Waals surface area contributed by atoms with Crippen LogP contribution in [-0.4, -0.2) is 62.2 Å². The number of sulfone groups is 1. The predicted molar refractivity (Wildman–Crippen MR) is 154 cm³/mol. The van der Waals surface area contributed by atoms with Crippen molar-refractivity contribution < 1.29 is 26.7 Å². The van der Waals surface area contributed by atoms with Crippen LogP contribution in [-0.2, 0) is 22.9 Å². The monoisotopic (exact) mass is 589 g/mol. The van der Waals surface area contributed by atoms with E-state index in [0.29, 0.717) is 29.1 Å². The van der Waals surface area contributed by atoms with Crippen LogP contribution in [0.15, 0.2) is 42.7 Å². The van der Waals surface area contributed by atoms with E-state index >= 15 is 0 Å². The van der Waals surface area contributed by atoms with Gasteiger partial charge in [-0.15, -0.1) is 0 Å². The fraction of sp³-hybridized carbons (Fsp3) is 0.483.